The van der Waals surface area contributed by atoms with Crippen molar-refractivity contribution in [3.8, 4) is 0 Å². The van der Waals surface area contributed by atoms with Crippen molar-refractivity contribution in [1.82, 2.24) is 5.32 Å². The molecule has 1 N–H and O–H groups in total. The summed E-state index contributed by atoms with van der Waals surface area (Å²) in [5, 5.41) is 4.01. The molecule has 1 aliphatic rings. The van der Waals surface area contributed by atoms with Crippen LogP contribution in [-0.4, -0.2) is 19.6 Å². The van der Waals surface area contributed by atoms with E-state index in [1.165, 1.54) is 24.1 Å². The fraction of sp³-hybridized carbons (Fsp3) is 0.600. The number of hydrogen-bond donors (Lipinski definition) is 1. The third-order valence-electron chi connectivity index (χ3n) is 3.87. The van der Waals surface area contributed by atoms with Gasteiger partial charge in [0, 0.05) is 29.8 Å². The Morgan fingerprint density at radius 1 is 1.39 bits per heavy atom. The maximum Gasteiger partial charge on any atom is 0.0471 e. The van der Waals surface area contributed by atoms with Gasteiger partial charge in [-0.25, -0.2) is 0 Å². The normalized spacial score (nSPS) is 24.3. The van der Waals surface area contributed by atoms with Crippen LogP contribution in [0.4, 0.5) is 5.69 Å². The molecule has 1 aromatic carbocycles. The number of halogens is 1. The molecule has 2 nitrogen and oxygen atoms in total. The Morgan fingerprint density at radius 2 is 2.17 bits per heavy atom. The topological polar surface area (TPSA) is 15.3 Å². The van der Waals surface area contributed by atoms with Crippen LogP contribution in [-0.2, 0) is 6.54 Å². The highest BCUT2D eigenvalue weighted by Gasteiger charge is 2.23. The molecule has 0 radical (unpaired) electrons. The average Bonchev–Trinajstić information content (AvgIpc) is 2.32. The van der Waals surface area contributed by atoms with Gasteiger partial charge in [-0.2, -0.15) is 0 Å². The third kappa shape index (κ3) is 2.99. The Hall–Kier alpha value is -0.730. The van der Waals surface area contributed by atoms with Gasteiger partial charge in [0.15, 0.2) is 0 Å². The average molecular weight is 267 g/mol. The summed E-state index contributed by atoms with van der Waals surface area (Å²) >= 11 is 6.34. The molecule has 1 aliphatic heterocycles. The second-order valence-corrected chi connectivity index (χ2v) is 5.89. The largest absolute Gasteiger partial charge is 0.369 e. The van der Waals surface area contributed by atoms with Gasteiger partial charge in [0.2, 0.25) is 0 Å². The minimum atomic E-state index is 0.611. The highest BCUT2D eigenvalue weighted by molar-refractivity contribution is 6.31. The van der Waals surface area contributed by atoms with Crippen LogP contribution >= 0.6 is 11.6 Å². The molecule has 0 saturated carbocycles. The zero-order valence-corrected chi connectivity index (χ0v) is 12.3. The summed E-state index contributed by atoms with van der Waals surface area (Å²) in [7, 11) is 1.94. The number of benzene rings is 1. The first-order valence-electron chi connectivity index (χ1n) is 6.81. The first-order valence-corrected chi connectivity index (χ1v) is 7.19. The van der Waals surface area contributed by atoms with Gasteiger partial charge >= 0.3 is 0 Å². The molecule has 1 heterocycles. The summed E-state index contributed by atoms with van der Waals surface area (Å²) in [6, 6.07) is 7.06. The van der Waals surface area contributed by atoms with E-state index in [2.05, 4.69) is 42.3 Å². The molecule has 2 unspecified atom stereocenters. The SMILES string of the molecule is CNCc1ccc(N2CCC(C)CC2C)cc1Cl. The zero-order valence-electron chi connectivity index (χ0n) is 11.5. The lowest BCUT2D eigenvalue weighted by atomic mass is 9.93. The highest BCUT2D eigenvalue weighted by atomic mass is 35.5. The van der Waals surface area contributed by atoms with Gasteiger partial charge in [-0.1, -0.05) is 24.6 Å². The van der Waals surface area contributed by atoms with Crippen molar-refractivity contribution in [2.45, 2.75) is 39.3 Å². The molecule has 18 heavy (non-hydrogen) atoms. The fourth-order valence-corrected chi connectivity index (χ4v) is 3.08. The van der Waals surface area contributed by atoms with E-state index < -0.39 is 0 Å². The molecule has 2 atom stereocenters. The summed E-state index contributed by atoms with van der Waals surface area (Å²) in [6.07, 6.45) is 2.55. The van der Waals surface area contributed by atoms with E-state index in [1.807, 2.05) is 7.05 Å². The van der Waals surface area contributed by atoms with Crippen molar-refractivity contribution in [2.75, 3.05) is 18.5 Å². The first kappa shape index (κ1) is 13.7. The van der Waals surface area contributed by atoms with Crippen molar-refractivity contribution >= 4 is 17.3 Å². The number of nitrogens with zero attached hydrogens (tertiary/aromatic N) is 1. The van der Waals surface area contributed by atoms with E-state index in [0.29, 0.717) is 6.04 Å². The Labute approximate surface area is 115 Å². The Bertz CT molecular complexity index is 405. The molecule has 0 aliphatic carbocycles. The summed E-state index contributed by atoms with van der Waals surface area (Å²) < 4.78 is 0. The number of hydrogen-bond acceptors (Lipinski definition) is 2. The molecule has 3 heteroatoms. The van der Waals surface area contributed by atoms with E-state index in [-0.39, 0.29) is 0 Å². The lowest BCUT2D eigenvalue weighted by Gasteiger charge is -2.38. The van der Waals surface area contributed by atoms with Gasteiger partial charge < -0.3 is 10.2 Å². The molecule has 0 spiro atoms. The molecule has 100 valence electrons. The molecule has 0 aromatic heterocycles. The van der Waals surface area contributed by atoms with Crippen molar-refractivity contribution in [1.29, 1.82) is 0 Å². The molecule has 2 rings (SSSR count). The molecule has 0 bridgehead atoms. The smallest absolute Gasteiger partial charge is 0.0471 e. The monoisotopic (exact) mass is 266 g/mol. The van der Waals surface area contributed by atoms with E-state index in [4.69, 9.17) is 11.6 Å². The second-order valence-electron chi connectivity index (χ2n) is 5.48. The maximum absolute atomic E-state index is 6.34. The summed E-state index contributed by atoms with van der Waals surface area (Å²) in [5.74, 6) is 0.843. The van der Waals surface area contributed by atoms with E-state index in [1.54, 1.807) is 0 Å². The van der Waals surface area contributed by atoms with Crippen LogP contribution in [0.2, 0.25) is 5.02 Å². The predicted octanol–water partition coefficient (Wildman–Crippen LogP) is 3.68. The van der Waals surface area contributed by atoms with Crippen LogP contribution < -0.4 is 10.2 Å². The third-order valence-corrected chi connectivity index (χ3v) is 4.23. The van der Waals surface area contributed by atoms with Crippen molar-refractivity contribution < 1.29 is 0 Å². The first-order chi connectivity index (χ1) is 8.61. The molecule has 1 fully saturated rings. The molecular weight excluding hydrogens is 244 g/mol. The molecule has 1 aromatic rings. The minimum Gasteiger partial charge on any atom is -0.369 e. The number of nitrogens with one attached hydrogen (secondary N) is 1. The Morgan fingerprint density at radius 3 is 2.78 bits per heavy atom. The lowest BCUT2D eigenvalue weighted by molar-refractivity contribution is 0.378. The van der Waals surface area contributed by atoms with E-state index in [9.17, 15) is 0 Å². The van der Waals surface area contributed by atoms with E-state index >= 15 is 0 Å². The highest BCUT2D eigenvalue weighted by Crippen LogP contribution is 2.30. The van der Waals surface area contributed by atoms with Crippen LogP contribution in [0.5, 0.6) is 0 Å². The minimum absolute atomic E-state index is 0.611. The predicted molar refractivity (Wildman–Crippen MR) is 79.4 cm³/mol. The fourth-order valence-electron chi connectivity index (χ4n) is 2.84. The van der Waals surface area contributed by atoms with Crippen LogP contribution in [0.3, 0.4) is 0 Å². The number of anilines is 1. The van der Waals surface area contributed by atoms with Gasteiger partial charge in [-0.05, 0) is 50.4 Å². The van der Waals surface area contributed by atoms with Gasteiger partial charge in [0.05, 0.1) is 0 Å². The Balaban J connectivity index is 2.16. The van der Waals surface area contributed by atoms with Crippen molar-refractivity contribution in [3.63, 3.8) is 0 Å². The van der Waals surface area contributed by atoms with Crippen LogP contribution in [0.1, 0.15) is 32.3 Å². The number of piperidine rings is 1. The van der Waals surface area contributed by atoms with Gasteiger partial charge in [-0.3, -0.25) is 0 Å². The standard InChI is InChI=1S/C15H23ClN2/c1-11-6-7-18(12(2)8-11)14-5-4-13(10-17-3)15(16)9-14/h4-5,9,11-12,17H,6-8,10H2,1-3H3. The second kappa shape index (κ2) is 5.94. The Kier molecular flexibility index (Phi) is 4.52. The molecular formula is C15H23ClN2. The zero-order chi connectivity index (χ0) is 13.1. The summed E-state index contributed by atoms with van der Waals surface area (Å²) in [5.41, 5.74) is 2.43. The lowest BCUT2D eigenvalue weighted by Crippen LogP contribution is -2.40. The van der Waals surface area contributed by atoms with Crippen LogP contribution in [0.25, 0.3) is 0 Å². The van der Waals surface area contributed by atoms with E-state index in [0.717, 1.165) is 24.0 Å². The number of rotatable bonds is 3. The quantitative estimate of drug-likeness (QED) is 0.898. The van der Waals surface area contributed by atoms with Crippen molar-refractivity contribution in [2.24, 2.45) is 5.92 Å². The van der Waals surface area contributed by atoms with Gasteiger partial charge in [0.25, 0.3) is 0 Å². The van der Waals surface area contributed by atoms with Crippen molar-refractivity contribution in [3.05, 3.63) is 28.8 Å². The maximum atomic E-state index is 6.34. The molecule has 1 saturated heterocycles. The molecule has 0 amide bonds. The summed E-state index contributed by atoms with van der Waals surface area (Å²) in [6.45, 7) is 6.62. The van der Waals surface area contributed by atoms with Gasteiger partial charge in [-0.15, -0.1) is 0 Å². The summed E-state index contributed by atoms with van der Waals surface area (Å²) in [4.78, 5) is 2.48. The van der Waals surface area contributed by atoms with Crippen LogP contribution in [0, 0.1) is 5.92 Å². The van der Waals surface area contributed by atoms with Crippen LogP contribution in [0.15, 0.2) is 18.2 Å². The van der Waals surface area contributed by atoms with Gasteiger partial charge in [0.1, 0.15) is 0 Å².